The Bertz CT molecular complexity index is 571. The monoisotopic (exact) mass is 297 g/mol. The van der Waals surface area contributed by atoms with Crippen LogP contribution in [0.5, 0.6) is 11.5 Å². The SMILES string of the molecule is c1ccc(CCCCNC[C@H]2COc3ccccc3O2)cc1. The Hall–Kier alpha value is -2.00. The molecule has 2 aromatic carbocycles. The van der Waals surface area contributed by atoms with Crippen molar-refractivity contribution in [1.82, 2.24) is 5.32 Å². The summed E-state index contributed by atoms with van der Waals surface area (Å²) in [4.78, 5) is 0. The fourth-order valence-corrected chi connectivity index (χ4v) is 2.65. The van der Waals surface area contributed by atoms with Gasteiger partial charge in [-0.2, -0.15) is 0 Å². The minimum absolute atomic E-state index is 0.101. The van der Waals surface area contributed by atoms with E-state index in [9.17, 15) is 0 Å². The maximum atomic E-state index is 5.92. The van der Waals surface area contributed by atoms with Gasteiger partial charge in [-0.1, -0.05) is 42.5 Å². The van der Waals surface area contributed by atoms with Crippen LogP contribution in [0.2, 0.25) is 0 Å². The fraction of sp³-hybridized carbons (Fsp3) is 0.368. The molecule has 0 aliphatic carbocycles. The van der Waals surface area contributed by atoms with Crippen LogP contribution in [0.4, 0.5) is 0 Å². The van der Waals surface area contributed by atoms with E-state index in [-0.39, 0.29) is 6.10 Å². The van der Waals surface area contributed by atoms with Crippen molar-refractivity contribution in [3.05, 3.63) is 60.2 Å². The van der Waals surface area contributed by atoms with Gasteiger partial charge in [-0.05, 0) is 43.5 Å². The van der Waals surface area contributed by atoms with E-state index in [1.54, 1.807) is 0 Å². The van der Waals surface area contributed by atoms with Gasteiger partial charge in [0.2, 0.25) is 0 Å². The average molecular weight is 297 g/mol. The van der Waals surface area contributed by atoms with E-state index < -0.39 is 0 Å². The van der Waals surface area contributed by atoms with Gasteiger partial charge in [-0.3, -0.25) is 0 Å². The molecule has 0 fully saturated rings. The first-order valence-electron chi connectivity index (χ1n) is 8.05. The number of fused-ring (bicyclic) bond motifs is 1. The van der Waals surface area contributed by atoms with Crippen molar-refractivity contribution >= 4 is 0 Å². The third kappa shape index (κ3) is 4.25. The molecule has 22 heavy (non-hydrogen) atoms. The summed E-state index contributed by atoms with van der Waals surface area (Å²) >= 11 is 0. The first-order chi connectivity index (χ1) is 10.9. The smallest absolute Gasteiger partial charge is 0.161 e. The Morgan fingerprint density at radius 1 is 0.909 bits per heavy atom. The summed E-state index contributed by atoms with van der Waals surface area (Å²) in [5.74, 6) is 1.70. The van der Waals surface area contributed by atoms with Gasteiger partial charge in [0.15, 0.2) is 11.5 Å². The Labute approximate surface area is 132 Å². The highest BCUT2D eigenvalue weighted by Crippen LogP contribution is 2.30. The number of unbranched alkanes of at least 4 members (excludes halogenated alkanes) is 1. The molecule has 0 spiro atoms. The highest BCUT2D eigenvalue weighted by Gasteiger charge is 2.19. The van der Waals surface area contributed by atoms with Gasteiger partial charge in [0, 0.05) is 6.54 Å². The number of ether oxygens (including phenoxy) is 2. The molecule has 0 unspecified atom stereocenters. The van der Waals surface area contributed by atoms with Gasteiger partial charge < -0.3 is 14.8 Å². The summed E-state index contributed by atoms with van der Waals surface area (Å²) in [5, 5.41) is 3.47. The molecule has 0 amide bonds. The lowest BCUT2D eigenvalue weighted by atomic mass is 10.1. The Morgan fingerprint density at radius 3 is 2.55 bits per heavy atom. The summed E-state index contributed by atoms with van der Waals surface area (Å²) in [5.41, 5.74) is 1.42. The second-order valence-corrected chi connectivity index (χ2v) is 5.64. The van der Waals surface area contributed by atoms with Gasteiger partial charge in [0.1, 0.15) is 12.7 Å². The largest absolute Gasteiger partial charge is 0.486 e. The van der Waals surface area contributed by atoms with Gasteiger partial charge in [0.05, 0.1) is 0 Å². The predicted molar refractivity (Wildman–Crippen MR) is 88.6 cm³/mol. The van der Waals surface area contributed by atoms with Crippen molar-refractivity contribution < 1.29 is 9.47 Å². The minimum Gasteiger partial charge on any atom is -0.486 e. The number of hydrogen-bond donors (Lipinski definition) is 1. The van der Waals surface area contributed by atoms with Crippen LogP contribution in [-0.2, 0) is 6.42 Å². The topological polar surface area (TPSA) is 30.5 Å². The van der Waals surface area contributed by atoms with Crippen LogP contribution in [0.15, 0.2) is 54.6 Å². The Morgan fingerprint density at radius 2 is 1.68 bits per heavy atom. The molecule has 116 valence electrons. The number of hydrogen-bond acceptors (Lipinski definition) is 3. The zero-order chi connectivity index (χ0) is 15.0. The summed E-state index contributed by atoms with van der Waals surface area (Å²) in [6, 6.07) is 18.5. The van der Waals surface area contributed by atoms with Crippen molar-refractivity contribution in [2.24, 2.45) is 0 Å². The molecule has 0 saturated heterocycles. The van der Waals surface area contributed by atoms with Crippen molar-refractivity contribution in [3.8, 4) is 11.5 Å². The third-order valence-corrected chi connectivity index (χ3v) is 3.85. The molecule has 0 aromatic heterocycles. The maximum absolute atomic E-state index is 5.92. The molecule has 3 heteroatoms. The lowest BCUT2D eigenvalue weighted by Gasteiger charge is -2.26. The number of nitrogens with one attached hydrogen (secondary N) is 1. The van der Waals surface area contributed by atoms with Crippen LogP contribution in [0.3, 0.4) is 0 Å². The molecule has 1 aliphatic rings. The molecular weight excluding hydrogens is 274 g/mol. The van der Waals surface area contributed by atoms with E-state index in [0.717, 1.165) is 31.0 Å². The molecule has 1 aliphatic heterocycles. The highest BCUT2D eigenvalue weighted by atomic mass is 16.6. The van der Waals surface area contributed by atoms with Crippen LogP contribution in [0, 0.1) is 0 Å². The first-order valence-corrected chi connectivity index (χ1v) is 8.05. The third-order valence-electron chi connectivity index (χ3n) is 3.85. The molecular formula is C19H23NO2. The van der Waals surface area contributed by atoms with Crippen molar-refractivity contribution in [2.45, 2.75) is 25.4 Å². The second-order valence-electron chi connectivity index (χ2n) is 5.64. The van der Waals surface area contributed by atoms with E-state index in [4.69, 9.17) is 9.47 Å². The van der Waals surface area contributed by atoms with E-state index in [1.165, 1.54) is 18.4 Å². The molecule has 0 radical (unpaired) electrons. The van der Waals surface area contributed by atoms with E-state index in [1.807, 2.05) is 24.3 Å². The summed E-state index contributed by atoms with van der Waals surface area (Å²) in [6.07, 6.45) is 3.64. The van der Waals surface area contributed by atoms with Crippen LogP contribution >= 0.6 is 0 Å². The van der Waals surface area contributed by atoms with Crippen LogP contribution in [0.1, 0.15) is 18.4 Å². The van der Waals surface area contributed by atoms with E-state index in [2.05, 4.69) is 35.6 Å². The lowest BCUT2D eigenvalue weighted by Crippen LogP contribution is -2.38. The first kappa shape index (κ1) is 14.9. The fourth-order valence-electron chi connectivity index (χ4n) is 2.65. The molecule has 3 nitrogen and oxygen atoms in total. The molecule has 0 bridgehead atoms. The van der Waals surface area contributed by atoms with Gasteiger partial charge in [0.25, 0.3) is 0 Å². The Kier molecular flexibility index (Phi) is 5.32. The van der Waals surface area contributed by atoms with Gasteiger partial charge in [-0.15, -0.1) is 0 Å². The molecule has 0 saturated carbocycles. The lowest BCUT2D eigenvalue weighted by molar-refractivity contribution is 0.0905. The van der Waals surface area contributed by atoms with E-state index >= 15 is 0 Å². The maximum Gasteiger partial charge on any atom is 0.161 e. The number of aryl methyl sites for hydroxylation is 1. The predicted octanol–water partition coefficient (Wildman–Crippen LogP) is 3.44. The zero-order valence-corrected chi connectivity index (χ0v) is 12.8. The van der Waals surface area contributed by atoms with Crippen LogP contribution in [0.25, 0.3) is 0 Å². The minimum atomic E-state index is 0.101. The molecule has 1 N–H and O–H groups in total. The van der Waals surface area contributed by atoms with Gasteiger partial charge >= 0.3 is 0 Å². The standard InChI is InChI=1S/C19H23NO2/c1-2-8-16(9-3-1)10-6-7-13-20-14-17-15-21-18-11-4-5-12-19(18)22-17/h1-5,8-9,11-12,17,20H,6-7,10,13-15H2/t17-/m0/s1. The number of para-hydroxylation sites is 2. The number of benzene rings is 2. The molecule has 1 atom stereocenters. The zero-order valence-electron chi connectivity index (χ0n) is 12.8. The van der Waals surface area contributed by atoms with Crippen LogP contribution in [-0.4, -0.2) is 25.8 Å². The van der Waals surface area contributed by atoms with E-state index in [0.29, 0.717) is 6.61 Å². The quantitative estimate of drug-likeness (QED) is 0.794. The van der Waals surface area contributed by atoms with Gasteiger partial charge in [-0.25, -0.2) is 0 Å². The molecule has 2 aromatic rings. The van der Waals surface area contributed by atoms with Crippen LogP contribution < -0.4 is 14.8 Å². The van der Waals surface area contributed by atoms with Crippen molar-refractivity contribution in [1.29, 1.82) is 0 Å². The highest BCUT2D eigenvalue weighted by molar-refractivity contribution is 5.40. The van der Waals surface area contributed by atoms with Crippen molar-refractivity contribution in [3.63, 3.8) is 0 Å². The Balaban J connectivity index is 1.30. The molecule has 1 heterocycles. The normalized spacial score (nSPS) is 16.5. The average Bonchev–Trinajstić information content (AvgIpc) is 2.59. The summed E-state index contributed by atoms with van der Waals surface area (Å²) in [6.45, 7) is 2.47. The summed E-state index contributed by atoms with van der Waals surface area (Å²) < 4.78 is 11.6. The summed E-state index contributed by atoms with van der Waals surface area (Å²) in [7, 11) is 0. The van der Waals surface area contributed by atoms with Crippen molar-refractivity contribution in [2.75, 3.05) is 19.7 Å². The second kappa shape index (κ2) is 7.85. The molecule has 3 rings (SSSR count). The number of rotatable bonds is 7.